The molecule has 1 aliphatic heterocycles. The summed E-state index contributed by atoms with van der Waals surface area (Å²) in [5.41, 5.74) is 1.55. The molecule has 0 bridgehead atoms. The van der Waals surface area contributed by atoms with Crippen LogP contribution in [0.3, 0.4) is 0 Å². The van der Waals surface area contributed by atoms with Gasteiger partial charge < -0.3 is 4.74 Å². The molecule has 0 aliphatic carbocycles. The van der Waals surface area contributed by atoms with E-state index >= 15 is 0 Å². The van der Waals surface area contributed by atoms with Crippen molar-refractivity contribution in [1.29, 1.82) is 0 Å². The molecule has 1 unspecified atom stereocenters. The van der Waals surface area contributed by atoms with E-state index < -0.39 is 6.04 Å². The van der Waals surface area contributed by atoms with E-state index in [1.807, 2.05) is 30.3 Å². The quantitative estimate of drug-likeness (QED) is 0.804. The lowest BCUT2D eigenvalue weighted by Crippen LogP contribution is -2.29. The minimum absolute atomic E-state index is 0.0619. The average Bonchev–Trinajstić information content (AvgIpc) is 2.95. The fraction of sp³-hybridized carbons (Fsp3) is 0.286. The number of amides is 1. The maximum atomic E-state index is 12.4. The van der Waals surface area contributed by atoms with Gasteiger partial charge in [0.15, 0.2) is 0 Å². The normalized spacial score (nSPS) is 17.6. The van der Waals surface area contributed by atoms with Crippen molar-refractivity contribution in [2.24, 2.45) is 0 Å². The predicted molar refractivity (Wildman–Crippen MR) is 71.0 cm³/mol. The van der Waals surface area contributed by atoms with Gasteiger partial charge in [-0.15, -0.1) is 0 Å². The number of esters is 1. The monoisotopic (exact) mass is 274 g/mol. The molecule has 0 fully saturated rings. The van der Waals surface area contributed by atoms with Gasteiger partial charge in [0.2, 0.25) is 0 Å². The van der Waals surface area contributed by atoms with Gasteiger partial charge in [-0.2, -0.15) is 5.06 Å². The largest absolute Gasteiger partial charge is 0.469 e. The molecule has 20 heavy (non-hydrogen) atoms. The van der Waals surface area contributed by atoms with Crippen LogP contribution in [0, 0.1) is 0 Å². The number of ether oxygens (including phenoxy) is 1. The van der Waals surface area contributed by atoms with Crippen molar-refractivity contribution < 1.29 is 19.2 Å². The number of carbonyl (C=O) groups is 2. The third kappa shape index (κ3) is 1.69. The van der Waals surface area contributed by atoms with Gasteiger partial charge in [-0.25, -0.2) is 4.79 Å². The Morgan fingerprint density at radius 3 is 2.75 bits per heavy atom. The Balaban J connectivity index is 2.12. The Bertz CT molecular complexity index is 692. The molecule has 0 saturated heterocycles. The minimum Gasteiger partial charge on any atom is -0.469 e. The van der Waals surface area contributed by atoms with E-state index in [0.29, 0.717) is 0 Å². The highest BCUT2D eigenvalue weighted by Crippen LogP contribution is 2.36. The highest BCUT2D eigenvalue weighted by molar-refractivity contribution is 5.95. The molecule has 2 aromatic rings. The molecular formula is C14H14N2O4. The van der Waals surface area contributed by atoms with Crippen molar-refractivity contribution in [2.45, 2.75) is 12.5 Å². The summed E-state index contributed by atoms with van der Waals surface area (Å²) in [6, 6.07) is 8.72. The summed E-state index contributed by atoms with van der Waals surface area (Å²) in [6.45, 7) is 0. The molecule has 1 aliphatic rings. The Morgan fingerprint density at radius 1 is 1.30 bits per heavy atom. The Hall–Kier alpha value is -2.34. The summed E-state index contributed by atoms with van der Waals surface area (Å²) in [7, 11) is 2.74. The van der Waals surface area contributed by atoms with Crippen LogP contribution < -0.4 is 0 Å². The maximum absolute atomic E-state index is 12.4. The Morgan fingerprint density at radius 2 is 2.05 bits per heavy atom. The van der Waals surface area contributed by atoms with Gasteiger partial charge in [0.05, 0.1) is 31.9 Å². The van der Waals surface area contributed by atoms with Crippen LogP contribution in [0.5, 0.6) is 0 Å². The molecule has 0 spiro atoms. The molecule has 104 valence electrons. The molecule has 1 atom stereocenters. The number of fused-ring (bicyclic) bond motifs is 3. The lowest BCUT2D eigenvalue weighted by Gasteiger charge is -2.19. The second-order valence-corrected chi connectivity index (χ2v) is 4.55. The van der Waals surface area contributed by atoms with Crippen LogP contribution in [-0.2, 0) is 14.4 Å². The minimum atomic E-state index is -0.465. The van der Waals surface area contributed by atoms with Gasteiger partial charge in [-0.3, -0.25) is 14.2 Å². The van der Waals surface area contributed by atoms with E-state index in [9.17, 15) is 9.59 Å². The number of methoxy groups -OCH3 is 1. The van der Waals surface area contributed by atoms with Crippen molar-refractivity contribution >= 4 is 22.9 Å². The maximum Gasteiger partial charge on any atom is 0.353 e. The lowest BCUT2D eigenvalue weighted by atomic mass is 10.1. The molecule has 1 aromatic heterocycles. The molecule has 0 N–H and O–H groups in total. The second-order valence-electron chi connectivity index (χ2n) is 4.55. The fourth-order valence-electron chi connectivity index (χ4n) is 2.62. The first-order valence-corrected chi connectivity index (χ1v) is 6.22. The standard InChI is InChI=1S/C14H14N2O4/c1-19-13(17)8-12-11-7-9-5-3-4-6-10(9)15(11)14(18)16(12)20-2/h3-7,12H,8H2,1-2H3. The van der Waals surface area contributed by atoms with Gasteiger partial charge in [-0.05, 0) is 12.1 Å². The molecule has 3 rings (SSSR count). The first kappa shape index (κ1) is 12.7. The number of nitrogens with zero attached hydrogens (tertiary/aromatic N) is 2. The number of hydroxylamine groups is 2. The number of rotatable bonds is 3. The second kappa shape index (κ2) is 4.64. The molecule has 1 aromatic carbocycles. The molecule has 6 heteroatoms. The highest BCUT2D eigenvalue weighted by Gasteiger charge is 2.40. The van der Waals surface area contributed by atoms with Crippen LogP contribution in [-0.4, -0.2) is 35.9 Å². The van der Waals surface area contributed by atoms with Crippen molar-refractivity contribution in [3.05, 3.63) is 36.0 Å². The van der Waals surface area contributed by atoms with Crippen LogP contribution in [0.4, 0.5) is 4.79 Å². The van der Waals surface area contributed by atoms with E-state index in [1.165, 1.54) is 19.3 Å². The van der Waals surface area contributed by atoms with Gasteiger partial charge in [0.25, 0.3) is 0 Å². The van der Waals surface area contributed by atoms with Gasteiger partial charge in [0.1, 0.15) is 6.04 Å². The highest BCUT2D eigenvalue weighted by atomic mass is 16.7. The van der Waals surface area contributed by atoms with E-state index in [4.69, 9.17) is 4.84 Å². The van der Waals surface area contributed by atoms with Crippen molar-refractivity contribution in [3.8, 4) is 0 Å². The molecule has 1 amide bonds. The smallest absolute Gasteiger partial charge is 0.353 e. The molecule has 0 saturated carbocycles. The third-order valence-electron chi connectivity index (χ3n) is 3.53. The number of hydrogen-bond donors (Lipinski definition) is 0. The van der Waals surface area contributed by atoms with Crippen molar-refractivity contribution in [3.63, 3.8) is 0 Å². The molecular weight excluding hydrogens is 260 g/mol. The average molecular weight is 274 g/mol. The summed E-state index contributed by atoms with van der Waals surface area (Å²) in [5.74, 6) is -0.386. The zero-order valence-electron chi connectivity index (χ0n) is 11.2. The SMILES string of the molecule is COC(=O)CC1c2cc3ccccc3n2C(=O)N1OC. The van der Waals surface area contributed by atoms with Gasteiger partial charge in [-0.1, -0.05) is 18.2 Å². The summed E-state index contributed by atoms with van der Waals surface area (Å²) in [6.07, 6.45) is 0.0619. The number of carbonyl (C=O) groups excluding carboxylic acids is 2. The summed E-state index contributed by atoms with van der Waals surface area (Å²) in [5, 5.41) is 2.17. The predicted octanol–water partition coefficient (Wildman–Crippen LogP) is 2.09. The van der Waals surface area contributed by atoms with E-state index in [-0.39, 0.29) is 18.4 Å². The van der Waals surface area contributed by atoms with Crippen LogP contribution in [0.25, 0.3) is 10.9 Å². The first-order chi connectivity index (χ1) is 9.67. The molecule has 6 nitrogen and oxygen atoms in total. The third-order valence-corrected chi connectivity index (χ3v) is 3.53. The number of para-hydroxylation sites is 1. The van der Waals surface area contributed by atoms with Gasteiger partial charge >= 0.3 is 12.0 Å². The van der Waals surface area contributed by atoms with Crippen LogP contribution in [0.2, 0.25) is 0 Å². The van der Waals surface area contributed by atoms with Crippen molar-refractivity contribution in [2.75, 3.05) is 14.2 Å². The number of aromatic nitrogens is 1. The number of hydrogen-bond acceptors (Lipinski definition) is 4. The Labute approximate surface area is 115 Å². The van der Waals surface area contributed by atoms with Crippen LogP contribution >= 0.6 is 0 Å². The fourth-order valence-corrected chi connectivity index (χ4v) is 2.62. The lowest BCUT2D eigenvalue weighted by molar-refractivity contribution is -0.149. The summed E-state index contributed by atoms with van der Waals surface area (Å²) < 4.78 is 6.26. The van der Waals surface area contributed by atoms with Crippen molar-refractivity contribution in [1.82, 2.24) is 9.63 Å². The van der Waals surface area contributed by atoms with Gasteiger partial charge in [0, 0.05) is 5.39 Å². The van der Waals surface area contributed by atoms with Crippen LogP contribution in [0.15, 0.2) is 30.3 Å². The van der Waals surface area contributed by atoms with E-state index in [1.54, 1.807) is 4.57 Å². The Kier molecular flexibility index (Phi) is 2.94. The van der Waals surface area contributed by atoms with E-state index in [0.717, 1.165) is 16.6 Å². The number of benzene rings is 1. The molecule has 0 radical (unpaired) electrons. The molecule has 2 heterocycles. The summed E-state index contributed by atoms with van der Waals surface area (Å²) >= 11 is 0. The topological polar surface area (TPSA) is 60.8 Å². The first-order valence-electron chi connectivity index (χ1n) is 6.22. The zero-order chi connectivity index (χ0) is 14.3. The zero-order valence-corrected chi connectivity index (χ0v) is 11.2. The van der Waals surface area contributed by atoms with E-state index in [2.05, 4.69) is 4.74 Å². The summed E-state index contributed by atoms with van der Waals surface area (Å²) in [4.78, 5) is 29.1. The van der Waals surface area contributed by atoms with Crippen LogP contribution in [0.1, 0.15) is 18.2 Å².